The number of aromatic nitrogens is 1. The first kappa shape index (κ1) is 19.9. The molecule has 1 saturated heterocycles. The van der Waals surface area contributed by atoms with Gasteiger partial charge in [-0.15, -0.1) is 0 Å². The number of benzene rings is 1. The predicted molar refractivity (Wildman–Crippen MR) is 110 cm³/mol. The maximum absolute atomic E-state index is 13.1. The molecule has 1 fully saturated rings. The molecule has 3 rings (SSSR count). The van der Waals surface area contributed by atoms with Crippen LogP contribution in [0.1, 0.15) is 42.5 Å². The number of piperidine rings is 1. The zero-order chi connectivity index (χ0) is 20.1. The lowest BCUT2D eigenvalue weighted by Crippen LogP contribution is -2.44. The van der Waals surface area contributed by atoms with E-state index in [0.717, 1.165) is 36.1 Å². The summed E-state index contributed by atoms with van der Waals surface area (Å²) in [6, 6.07) is 9.99. The normalized spacial score (nSPS) is 16.6. The minimum atomic E-state index is -0.817. The number of carboxylic acid groups (broad SMARTS) is 1. The third kappa shape index (κ3) is 4.68. The highest BCUT2D eigenvalue weighted by Crippen LogP contribution is 2.26. The zero-order valence-electron chi connectivity index (χ0n) is 16.5. The number of rotatable bonds is 6. The van der Waals surface area contributed by atoms with Crippen molar-refractivity contribution in [1.29, 1.82) is 0 Å². The topological polar surface area (TPSA) is 73.7 Å². The van der Waals surface area contributed by atoms with E-state index >= 15 is 0 Å². The molecule has 28 heavy (non-hydrogen) atoms. The third-order valence-corrected chi connectivity index (χ3v) is 5.28. The van der Waals surface area contributed by atoms with Gasteiger partial charge in [0.05, 0.1) is 5.56 Å². The smallest absolute Gasteiger partial charge is 0.303 e. The average molecular weight is 381 g/mol. The molecule has 1 aliphatic rings. The highest BCUT2D eigenvalue weighted by molar-refractivity contribution is 5.95. The van der Waals surface area contributed by atoms with Crippen LogP contribution in [0.15, 0.2) is 42.7 Å². The van der Waals surface area contributed by atoms with Crippen molar-refractivity contribution in [2.75, 3.05) is 25.5 Å². The number of aliphatic carboxylic acids is 1. The molecule has 1 amide bonds. The fraction of sp³-hybridized carbons (Fsp3) is 0.409. The molecule has 1 aliphatic heterocycles. The highest BCUT2D eigenvalue weighted by Gasteiger charge is 2.28. The van der Waals surface area contributed by atoms with Gasteiger partial charge in [0, 0.05) is 56.7 Å². The predicted octanol–water partition coefficient (Wildman–Crippen LogP) is 3.67. The number of hydrogen-bond donors (Lipinski definition) is 1. The van der Waals surface area contributed by atoms with Crippen LogP contribution in [0.4, 0.5) is 5.69 Å². The van der Waals surface area contributed by atoms with E-state index in [-0.39, 0.29) is 18.4 Å². The van der Waals surface area contributed by atoms with Crippen molar-refractivity contribution < 1.29 is 14.7 Å². The standard InChI is InChI=1S/C22H27N3O3/c1-24(2)19-8-6-16(7-9-19)17-13-18(15-23-14-17)22(28)25-12-4-3-5-20(25)10-11-21(26)27/h6-9,13-15,20H,3-5,10-12H2,1-2H3,(H,26,27). The van der Waals surface area contributed by atoms with Gasteiger partial charge in [0.1, 0.15) is 0 Å². The summed E-state index contributed by atoms with van der Waals surface area (Å²) in [5.41, 5.74) is 3.57. The van der Waals surface area contributed by atoms with Crippen molar-refractivity contribution in [2.24, 2.45) is 0 Å². The molecule has 0 aliphatic carbocycles. The van der Waals surface area contributed by atoms with Crippen molar-refractivity contribution in [3.8, 4) is 11.1 Å². The SMILES string of the molecule is CN(C)c1ccc(-c2cncc(C(=O)N3CCCCC3CCC(=O)O)c2)cc1. The Morgan fingerprint density at radius 1 is 1.14 bits per heavy atom. The summed E-state index contributed by atoms with van der Waals surface area (Å²) in [7, 11) is 3.99. The first-order chi connectivity index (χ1) is 13.5. The number of carboxylic acids is 1. The number of carbonyl (C=O) groups is 2. The Morgan fingerprint density at radius 3 is 2.57 bits per heavy atom. The maximum atomic E-state index is 13.1. The van der Waals surface area contributed by atoms with Gasteiger partial charge in [-0.25, -0.2) is 0 Å². The molecule has 1 aromatic heterocycles. The first-order valence-electron chi connectivity index (χ1n) is 9.71. The Kier molecular flexibility index (Phi) is 6.29. The molecular formula is C22H27N3O3. The van der Waals surface area contributed by atoms with Crippen LogP contribution in [-0.4, -0.2) is 53.5 Å². The minimum Gasteiger partial charge on any atom is -0.481 e. The second kappa shape index (κ2) is 8.87. The number of carbonyl (C=O) groups excluding carboxylic acids is 1. The third-order valence-electron chi connectivity index (χ3n) is 5.28. The largest absolute Gasteiger partial charge is 0.481 e. The number of likely N-dealkylation sites (tertiary alicyclic amines) is 1. The van der Waals surface area contributed by atoms with Crippen molar-refractivity contribution >= 4 is 17.6 Å². The molecule has 0 radical (unpaired) electrons. The van der Waals surface area contributed by atoms with E-state index < -0.39 is 5.97 Å². The van der Waals surface area contributed by atoms with Crippen LogP contribution in [0.3, 0.4) is 0 Å². The van der Waals surface area contributed by atoms with E-state index in [2.05, 4.69) is 4.98 Å². The van der Waals surface area contributed by atoms with E-state index in [1.54, 1.807) is 12.4 Å². The van der Waals surface area contributed by atoms with E-state index in [0.29, 0.717) is 18.5 Å². The minimum absolute atomic E-state index is 0.0135. The van der Waals surface area contributed by atoms with Crippen LogP contribution in [0.2, 0.25) is 0 Å². The van der Waals surface area contributed by atoms with Crippen LogP contribution in [0.5, 0.6) is 0 Å². The lowest BCUT2D eigenvalue weighted by Gasteiger charge is -2.35. The first-order valence-corrected chi connectivity index (χ1v) is 9.71. The number of amides is 1. The molecule has 0 spiro atoms. The van der Waals surface area contributed by atoms with Gasteiger partial charge >= 0.3 is 5.97 Å². The molecule has 0 bridgehead atoms. The molecule has 6 nitrogen and oxygen atoms in total. The number of hydrogen-bond acceptors (Lipinski definition) is 4. The van der Waals surface area contributed by atoms with Crippen LogP contribution < -0.4 is 4.90 Å². The lowest BCUT2D eigenvalue weighted by molar-refractivity contribution is -0.137. The molecule has 1 N–H and O–H groups in total. The Morgan fingerprint density at radius 2 is 1.89 bits per heavy atom. The lowest BCUT2D eigenvalue weighted by atomic mass is 9.96. The Bertz CT molecular complexity index is 833. The second-order valence-electron chi connectivity index (χ2n) is 7.48. The van der Waals surface area contributed by atoms with E-state index in [1.807, 2.05) is 54.2 Å². The van der Waals surface area contributed by atoms with Crippen LogP contribution in [0, 0.1) is 0 Å². The Balaban J connectivity index is 1.80. The van der Waals surface area contributed by atoms with Crippen molar-refractivity contribution in [3.05, 3.63) is 48.3 Å². The van der Waals surface area contributed by atoms with E-state index in [4.69, 9.17) is 5.11 Å². The number of anilines is 1. The molecule has 6 heteroatoms. The summed E-state index contributed by atoms with van der Waals surface area (Å²) < 4.78 is 0. The molecular weight excluding hydrogens is 354 g/mol. The molecule has 1 aromatic carbocycles. The zero-order valence-corrected chi connectivity index (χ0v) is 16.5. The summed E-state index contributed by atoms with van der Waals surface area (Å²) in [6.45, 7) is 0.672. The van der Waals surface area contributed by atoms with Gasteiger partial charge < -0.3 is 14.9 Å². The van der Waals surface area contributed by atoms with Crippen molar-refractivity contribution in [1.82, 2.24) is 9.88 Å². The summed E-state index contributed by atoms with van der Waals surface area (Å²) in [5, 5.41) is 8.99. The van der Waals surface area contributed by atoms with Crippen LogP contribution in [0.25, 0.3) is 11.1 Å². The summed E-state index contributed by atoms with van der Waals surface area (Å²) >= 11 is 0. The van der Waals surface area contributed by atoms with Crippen molar-refractivity contribution in [2.45, 2.75) is 38.1 Å². The monoisotopic (exact) mass is 381 g/mol. The Labute approximate surface area is 165 Å². The highest BCUT2D eigenvalue weighted by atomic mass is 16.4. The summed E-state index contributed by atoms with van der Waals surface area (Å²) in [4.78, 5) is 32.2. The fourth-order valence-corrected chi connectivity index (χ4v) is 3.69. The molecule has 148 valence electrons. The van der Waals surface area contributed by atoms with Gasteiger partial charge in [-0.3, -0.25) is 14.6 Å². The van der Waals surface area contributed by atoms with Crippen LogP contribution >= 0.6 is 0 Å². The van der Waals surface area contributed by atoms with Gasteiger partial charge in [-0.2, -0.15) is 0 Å². The molecule has 1 atom stereocenters. The van der Waals surface area contributed by atoms with Gasteiger partial charge in [0.15, 0.2) is 0 Å². The Hall–Kier alpha value is -2.89. The van der Waals surface area contributed by atoms with Gasteiger partial charge in [0.2, 0.25) is 0 Å². The number of pyridine rings is 1. The number of nitrogens with zero attached hydrogens (tertiary/aromatic N) is 3. The van der Waals surface area contributed by atoms with Crippen molar-refractivity contribution in [3.63, 3.8) is 0 Å². The van der Waals surface area contributed by atoms with Gasteiger partial charge in [0.25, 0.3) is 5.91 Å². The molecule has 2 aromatic rings. The van der Waals surface area contributed by atoms with E-state index in [9.17, 15) is 9.59 Å². The summed E-state index contributed by atoms with van der Waals surface area (Å²) in [5.74, 6) is -0.878. The molecule has 1 unspecified atom stereocenters. The van der Waals surface area contributed by atoms with E-state index in [1.165, 1.54) is 0 Å². The summed E-state index contributed by atoms with van der Waals surface area (Å²) in [6.07, 6.45) is 6.80. The molecule has 0 saturated carbocycles. The van der Waals surface area contributed by atoms with Gasteiger partial charge in [-0.05, 0) is 49.4 Å². The quantitative estimate of drug-likeness (QED) is 0.826. The van der Waals surface area contributed by atoms with Gasteiger partial charge in [-0.1, -0.05) is 12.1 Å². The maximum Gasteiger partial charge on any atom is 0.303 e. The fourth-order valence-electron chi connectivity index (χ4n) is 3.69. The van der Waals surface area contributed by atoms with Crippen LogP contribution in [-0.2, 0) is 4.79 Å². The average Bonchev–Trinajstić information content (AvgIpc) is 2.72. The molecule has 2 heterocycles. The second-order valence-corrected chi connectivity index (χ2v) is 7.48.